The molecule has 3 aromatic rings. The lowest BCUT2D eigenvalue weighted by molar-refractivity contribution is 0.341. The van der Waals surface area contributed by atoms with Gasteiger partial charge in [0.1, 0.15) is 16.8 Å². The van der Waals surface area contributed by atoms with Gasteiger partial charge in [-0.05, 0) is 25.5 Å². The first-order valence-electron chi connectivity index (χ1n) is 7.87. The molecule has 2 aromatic heterocycles. The molecule has 0 amide bonds. The van der Waals surface area contributed by atoms with Crippen LogP contribution in [0.1, 0.15) is 26.0 Å². The van der Waals surface area contributed by atoms with Crippen LogP contribution >= 0.6 is 12.4 Å². The number of hydrogen-bond donors (Lipinski definition) is 1. The van der Waals surface area contributed by atoms with Crippen LogP contribution in [0.3, 0.4) is 0 Å². The van der Waals surface area contributed by atoms with E-state index >= 15 is 0 Å². The lowest BCUT2D eigenvalue weighted by atomic mass is 10.1. The lowest BCUT2D eigenvalue weighted by Crippen LogP contribution is -2.02. The number of nitrogens with zero attached hydrogens (tertiary/aromatic N) is 4. The van der Waals surface area contributed by atoms with Crippen LogP contribution in [0.5, 0.6) is 5.75 Å². The third kappa shape index (κ3) is 3.14. The molecule has 0 atom stereocenters. The Kier molecular flexibility index (Phi) is 5.62. The first-order chi connectivity index (χ1) is 11.2. The van der Waals surface area contributed by atoms with E-state index < -0.39 is 0 Å². The maximum atomic E-state index is 6.18. The van der Waals surface area contributed by atoms with Gasteiger partial charge in [0.25, 0.3) is 0 Å². The molecule has 0 saturated heterocycles. The van der Waals surface area contributed by atoms with E-state index in [1.807, 2.05) is 38.2 Å². The molecule has 0 radical (unpaired) electrons. The molecule has 2 heterocycles. The van der Waals surface area contributed by atoms with E-state index in [9.17, 15) is 0 Å². The molecule has 0 fully saturated rings. The Bertz CT molecular complexity index is 846. The van der Waals surface area contributed by atoms with Gasteiger partial charge in [-0.25, -0.2) is 9.97 Å². The molecule has 1 aromatic carbocycles. The van der Waals surface area contributed by atoms with Crippen molar-refractivity contribution >= 4 is 29.3 Å². The van der Waals surface area contributed by atoms with E-state index in [0.29, 0.717) is 18.2 Å². The van der Waals surface area contributed by atoms with Crippen molar-refractivity contribution in [2.45, 2.75) is 26.7 Å². The van der Waals surface area contributed by atoms with Crippen molar-refractivity contribution in [2.75, 3.05) is 12.3 Å². The molecular weight excluding hydrogens is 326 g/mol. The number of aryl methyl sites for hydroxylation is 2. The Morgan fingerprint density at radius 3 is 2.62 bits per heavy atom. The third-order valence-corrected chi connectivity index (χ3v) is 3.69. The van der Waals surface area contributed by atoms with Gasteiger partial charge in [0, 0.05) is 7.05 Å². The summed E-state index contributed by atoms with van der Waals surface area (Å²) in [7, 11) is 1.87. The van der Waals surface area contributed by atoms with Crippen LogP contribution in [-0.2, 0) is 13.5 Å². The highest BCUT2D eigenvalue weighted by molar-refractivity contribution is 5.88. The van der Waals surface area contributed by atoms with Crippen LogP contribution in [0.4, 0.5) is 5.82 Å². The van der Waals surface area contributed by atoms with E-state index in [0.717, 1.165) is 40.9 Å². The Morgan fingerprint density at radius 1 is 1.17 bits per heavy atom. The second-order valence-corrected chi connectivity index (χ2v) is 5.38. The van der Waals surface area contributed by atoms with Gasteiger partial charge in [-0.15, -0.1) is 12.4 Å². The van der Waals surface area contributed by atoms with Gasteiger partial charge < -0.3 is 10.5 Å². The average molecular weight is 348 g/mol. The van der Waals surface area contributed by atoms with Gasteiger partial charge in [0.2, 0.25) is 0 Å². The van der Waals surface area contributed by atoms with Crippen molar-refractivity contribution in [3.8, 4) is 17.1 Å². The maximum absolute atomic E-state index is 6.18. The van der Waals surface area contributed by atoms with Gasteiger partial charge in [-0.3, -0.25) is 4.68 Å². The Morgan fingerprint density at radius 2 is 1.92 bits per heavy atom. The lowest BCUT2D eigenvalue weighted by Gasteiger charge is -2.10. The number of rotatable bonds is 5. The summed E-state index contributed by atoms with van der Waals surface area (Å²) in [5, 5.41) is 4.54. The van der Waals surface area contributed by atoms with Crippen LogP contribution in [-0.4, -0.2) is 26.4 Å². The Balaban J connectivity index is 0.00000208. The first-order valence-corrected chi connectivity index (χ1v) is 7.87. The molecule has 0 aliphatic carbocycles. The van der Waals surface area contributed by atoms with Gasteiger partial charge in [0.15, 0.2) is 11.6 Å². The fourth-order valence-corrected chi connectivity index (χ4v) is 2.73. The minimum atomic E-state index is 0. The van der Waals surface area contributed by atoms with Crippen molar-refractivity contribution in [3.63, 3.8) is 0 Å². The van der Waals surface area contributed by atoms with Crippen LogP contribution in [0, 0.1) is 0 Å². The van der Waals surface area contributed by atoms with E-state index in [1.54, 1.807) is 4.68 Å². The monoisotopic (exact) mass is 347 g/mol. The third-order valence-electron chi connectivity index (χ3n) is 3.69. The van der Waals surface area contributed by atoms with Crippen molar-refractivity contribution in [1.29, 1.82) is 0 Å². The van der Waals surface area contributed by atoms with E-state index in [4.69, 9.17) is 15.5 Å². The zero-order chi connectivity index (χ0) is 16.4. The summed E-state index contributed by atoms with van der Waals surface area (Å²) >= 11 is 0. The number of fused-ring (bicyclic) bond motifs is 1. The van der Waals surface area contributed by atoms with E-state index in [2.05, 4.69) is 17.0 Å². The number of halogens is 1. The van der Waals surface area contributed by atoms with Crippen molar-refractivity contribution < 1.29 is 4.74 Å². The zero-order valence-electron chi connectivity index (χ0n) is 14.1. The number of nitrogen functional groups attached to an aromatic ring is 1. The molecule has 6 nitrogen and oxygen atoms in total. The number of anilines is 1. The van der Waals surface area contributed by atoms with Crippen LogP contribution in [0.25, 0.3) is 22.4 Å². The topological polar surface area (TPSA) is 78.9 Å². The van der Waals surface area contributed by atoms with Gasteiger partial charge in [0.05, 0.1) is 17.9 Å². The molecule has 7 heteroatoms. The summed E-state index contributed by atoms with van der Waals surface area (Å²) in [6.07, 6.45) is 1.86. The van der Waals surface area contributed by atoms with Gasteiger partial charge in [-0.2, -0.15) is 5.10 Å². The molecule has 0 unspecified atom stereocenters. The highest BCUT2D eigenvalue weighted by atomic mass is 35.5. The number of nitrogens with two attached hydrogens (primary N) is 1. The molecule has 2 N–H and O–H groups in total. The summed E-state index contributed by atoms with van der Waals surface area (Å²) in [5.41, 5.74) is 9.58. The Labute approximate surface area is 147 Å². The summed E-state index contributed by atoms with van der Waals surface area (Å²) < 4.78 is 7.44. The number of benzene rings is 1. The van der Waals surface area contributed by atoms with Crippen molar-refractivity contribution in [1.82, 2.24) is 19.7 Å². The largest absolute Gasteiger partial charge is 0.493 e. The molecule has 0 saturated carbocycles. The zero-order valence-corrected chi connectivity index (χ0v) is 14.9. The predicted octanol–water partition coefficient (Wildman–Crippen LogP) is 3.39. The second-order valence-electron chi connectivity index (χ2n) is 5.38. The fourth-order valence-electron chi connectivity index (χ4n) is 2.73. The molecule has 0 aliphatic heterocycles. The molecule has 3 rings (SSSR count). The fraction of sp³-hybridized carbons (Fsp3) is 0.353. The van der Waals surface area contributed by atoms with Crippen molar-refractivity contribution in [2.24, 2.45) is 7.05 Å². The van der Waals surface area contributed by atoms with Crippen LogP contribution < -0.4 is 10.5 Å². The minimum Gasteiger partial charge on any atom is -0.493 e. The smallest absolute Gasteiger partial charge is 0.166 e. The van der Waals surface area contributed by atoms with Crippen LogP contribution in [0.2, 0.25) is 0 Å². The summed E-state index contributed by atoms with van der Waals surface area (Å²) in [6.45, 7) is 4.66. The van der Waals surface area contributed by atoms with E-state index in [1.165, 1.54) is 0 Å². The molecule has 0 spiro atoms. The quantitative estimate of drug-likeness (QED) is 0.765. The SMILES string of the molecule is CCCc1nn(C)c2c(N)nc(-c3ccccc3OCC)nc12.Cl. The number of hydrogen-bond acceptors (Lipinski definition) is 5. The van der Waals surface area contributed by atoms with Gasteiger partial charge >= 0.3 is 0 Å². The summed E-state index contributed by atoms with van der Waals surface area (Å²) in [6, 6.07) is 7.74. The average Bonchev–Trinajstić information content (AvgIpc) is 2.85. The molecule has 0 bridgehead atoms. The normalized spacial score (nSPS) is 10.6. The minimum absolute atomic E-state index is 0. The molecule has 128 valence electrons. The molecular formula is C17H22ClN5O. The van der Waals surface area contributed by atoms with Crippen LogP contribution in [0.15, 0.2) is 24.3 Å². The van der Waals surface area contributed by atoms with Crippen molar-refractivity contribution in [3.05, 3.63) is 30.0 Å². The highest BCUT2D eigenvalue weighted by Gasteiger charge is 2.17. The maximum Gasteiger partial charge on any atom is 0.166 e. The highest BCUT2D eigenvalue weighted by Crippen LogP contribution is 2.31. The van der Waals surface area contributed by atoms with E-state index in [-0.39, 0.29) is 12.4 Å². The predicted molar refractivity (Wildman–Crippen MR) is 98.6 cm³/mol. The summed E-state index contributed by atoms with van der Waals surface area (Å²) in [5.74, 6) is 1.77. The number of aromatic nitrogens is 4. The first kappa shape index (κ1) is 18.0. The standard InChI is InChI=1S/C17H21N5O.ClH/c1-4-8-12-14-15(22(3)21-12)16(18)20-17(19-14)11-9-6-7-10-13(11)23-5-2;/h6-7,9-10H,4-5,8H2,1-3H3,(H2,18,19,20);1H. The molecule has 0 aliphatic rings. The summed E-state index contributed by atoms with van der Waals surface area (Å²) in [4.78, 5) is 9.21. The second kappa shape index (κ2) is 7.49. The molecule has 24 heavy (non-hydrogen) atoms. The number of ether oxygens (including phenoxy) is 1. The Hall–Kier alpha value is -2.34. The number of para-hydroxylation sites is 1. The van der Waals surface area contributed by atoms with Gasteiger partial charge in [-0.1, -0.05) is 25.5 Å².